The molecule has 1 atom stereocenters. The minimum absolute atomic E-state index is 0.225. The summed E-state index contributed by atoms with van der Waals surface area (Å²) in [5.74, 6) is 1.25. The lowest BCUT2D eigenvalue weighted by Crippen LogP contribution is -2.32. The predicted molar refractivity (Wildman–Crippen MR) is 73.8 cm³/mol. The van der Waals surface area contributed by atoms with Crippen LogP contribution in [0, 0.1) is 0 Å². The van der Waals surface area contributed by atoms with Gasteiger partial charge in [-0.1, -0.05) is 12.1 Å². The van der Waals surface area contributed by atoms with Gasteiger partial charge in [0.2, 0.25) is 0 Å². The summed E-state index contributed by atoms with van der Waals surface area (Å²) >= 11 is 1.66. The molecule has 0 fully saturated rings. The SMILES string of the molecule is COc1cccc(COC(=O)C(N)CCSC)c1. The highest BCUT2D eigenvalue weighted by Gasteiger charge is 2.14. The Hall–Kier alpha value is -1.20. The molecule has 0 radical (unpaired) electrons. The zero-order valence-electron chi connectivity index (χ0n) is 10.7. The Morgan fingerprint density at radius 1 is 1.50 bits per heavy atom. The summed E-state index contributed by atoms with van der Waals surface area (Å²) in [5.41, 5.74) is 6.60. The summed E-state index contributed by atoms with van der Waals surface area (Å²) in [6, 6.07) is 6.87. The zero-order valence-corrected chi connectivity index (χ0v) is 11.5. The molecule has 0 aliphatic carbocycles. The second-order valence-electron chi connectivity index (χ2n) is 3.85. The quantitative estimate of drug-likeness (QED) is 0.765. The van der Waals surface area contributed by atoms with E-state index in [1.54, 1.807) is 18.9 Å². The molecule has 0 amide bonds. The maximum atomic E-state index is 11.6. The number of hydrogen-bond acceptors (Lipinski definition) is 5. The second kappa shape index (κ2) is 8.00. The third-order valence-electron chi connectivity index (χ3n) is 2.45. The molecule has 1 aromatic carbocycles. The summed E-state index contributed by atoms with van der Waals surface area (Å²) in [6.45, 7) is 0.225. The van der Waals surface area contributed by atoms with E-state index in [1.165, 1.54) is 0 Å². The van der Waals surface area contributed by atoms with Crippen molar-refractivity contribution >= 4 is 17.7 Å². The zero-order chi connectivity index (χ0) is 13.4. The Labute approximate surface area is 112 Å². The van der Waals surface area contributed by atoms with Crippen LogP contribution in [0.25, 0.3) is 0 Å². The molecule has 18 heavy (non-hydrogen) atoms. The molecule has 1 aromatic rings. The smallest absolute Gasteiger partial charge is 0.323 e. The van der Waals surface area contributed by atoms with E-state index in [4.69, 9.17) is 15.2 Å². The van der Waals surface area contributed by atoms with Crippen LogP contribution in [0.5, 0.6) is 5.75 Å². The van der Waals surface area contributed by atoms with Crippen molar-refractivity contribution < 1.29 is 14.3 Å². The van der Waals surface area contributed by atoms with Crippen molar-refractivity contribution in [3.05, 3.63) is 29.8 Å². The van der Waals surface area contributed by atoms with Crippen LogP contribution in [0.4, 0.5) is 0 Å². The van der Waals surface area contributed by atoms with E-state index in [1.807, 2.05) is 30.5 Å². The number of nitrogens with two attached hydrogens (primary N) is 1. The number of esters is 1. The van der Waals surface area contributed by atoms with Gasteiger partial charge in [0.15, 0.2) is 0 Å². The Kier molecular flexibility index (Phi) is 6.60. The van der Waals surface area contributed by atoms with Gasteiger partial charge in [0, 0.05) is 0 Å². The first-order valence-electron chi connectivity index (χ1n) is 5.71. The Morgan fingerprint density at radius 3 is 2.94 bits per heavy atom. The van der Waals surface area contributed by atoms with Crippen molar-refractivity contribution in [3.63, 3.8) is 0 Å². The molecule has 0 aliphatic heterocycles. The summed E-state index contributed by atoms with van der Waals surface area (Å²) < 4.78 is 10.3. The average Bonchev–Trinajstić information content (AvgIpc) is 2.42. The molecule has 0 spiro atoms. The molecule has 5 heteroatoms. The van der Waals surface area contributed by atoms with Gasteiger partial charge in [-0.2, -0.15) is 11.8 Å². The van der Waals surface area contributed by atoms with Gasteiger partial charge < -0.3 is 15.2 Å². The maximum absolute atomic E-state index is 11.6. The third kappa shape index (κ3) is 4.98. The number of thioether (sulfide) groups is 1. The molecule has 0 aromatic heterocycles. The third-order valence-corrected chi connectivity index (χ3v) is 3.09. The number of carbonyl (C=O) groups excluding carboxylic acids is 1. The van der Waals surface area contributed by atoms with Crippen LogP contribution in [0.1, 0.15) is 12.0 Å². The fourth-order valence-electron chi connectivity index (χ4n) is 1.39. The molecule has 4 nitrogen and oxygen atoms in total. The van der Waals surface area contributed by atoms with E-state index in [0.29, 0.717) is 6.42 Å². The number of ether oxygens (including phenoxy) is 2. The first-order valence-corrected chi connectivity index (χ1v) is 7.11. The predicted octanol–water partition coefficient (Wildman–Crippen LogP) is 1.82. The highest BCUT2D eigenvalue weighted by molar-refractivity contribution is 7.98. The fraction of sp³-hybridized carbons (Fsp3) is 0.462. The second-order valence-corrected chi connectivity index (χ2v) is 4.83. The van der Waals surface area contributed by atoms with Gasteiger partial charge in [0.25, 0.3) is 0 Å². The van der Waals surface area contributed by atoms with Gasteiger partial charge in [0.05, 0.1) is 7.11 Å². The van der Waals surface area contributed by atoms with Crippen molar-refractivity contribution in [2.24, 2.45) is 5.73 Å². The van der Waals surface area contributed by atoms with E-state index in [9.17, 15) is 4.79 Å². The molecular formula is C13H19NO3S. The van der Waals surface area contributed by atoms with Gasteiger partial charge in [-0.25, -0.2) is 0 Å². The van der Waals surface area contributed by atoms with E-state index in [-0.39, 0.29) is 12.6 Å². The first kappa shape index (κ1) is 14.9. The highest BCUT2D eigenvalue weighted by atomic mass is 32.2. The molecule has 2 N–H and O–H groups in total. The average molecular weight is 269 g/mol. The summed E-state index contributed by atoms with van der Waals surface area (Å²) in [5, 5.41) is 0. The van der Waals surface area contributed by atoms with Crippen LogP contribution < -0.4 is 10.5 Å². The van der Waals surface area contributed by atoms with Gasteiger partial charge >= 0.3 is 5.97 Å². The van der Waals surface area contributed by atoms with Crippen LogP contribution in [0.2, 0.25) is 0 Å². The maximum Gasteiger partial charge on any atom is 0.323 e. The van der Waals surface area contributed by atoms with Crippen LogP contribution in [0.3, 0.4) is 0 Å². The number of benzene rings is 1. The molecule has 0 saturated heterocycles. The summed E-state index contributed by atoms with van der Waals surface area (Å²) in [4.78, 5) is 11.6. The molecule has 0 saturated carbocycles. The van der Waals surface area contributed by atoms with E-state index < -0.39 is 6.04 Å². The van der Waals surface area contributed by atoms with Crippen molar-refractivity contribution in [1.29, 1.82) is 0 Å². The standard InChI is InChI=1S/C13H19NO3S/c1-16-11-5-3-4-10(8-11)9-17-13(15)12(14)6-7-18-2/h3-5,8,12H,6-7,9,14H2,1-2H3. The number of rotatable bonds is 7. The normalized spacial score (nSPS) is 11.9. The molecule has 0 bridgehead atoms. The van der Waals surface area contributed by atoms with Crippen LogP contribution >= 0.6 is 11.8 Å². The largest absolute Gasteiger partial charge is 0.497 e. The lowest BCUT2D eigenvalue weighted by atomic mass is 10.2. The van der Waals surface area contributed by atoms with Gasteiger partial charge in [-0.05, 0) is 36.1 Å². The minimum Gasteiger partial charge on any atom is -0.497 e. The monoisotopic (exact) mass is 269 g/mol. The van der Waals surface area contributed by atoms with Gasteiger partial charge in [0.1, 0.15) is 18.4 Å². The van der Waals surface area contributed by atoms with Crippen LogP contribution in [0.15, 0.2) is 24.3 Å². The minimum atomic E-state index is -0.539. The number of methoxy groups -OCH3 is 1. The van der Waals surface area contributed by atoms with Gasteiger partial charge in [-0.3, -0.25) is 4.79 Å². The molecule has 1 rings (SSSR count). The van der Waals surface area contributed by atoms with Crippen LogP contribution in [-0.4, -0.2) is 31.1 Å². The number of carbonyl (C=O) groups is 1. The first-order chi connectivity index (χ1) is 8.67. The molecule has 0 heterocycles. The van der Waals surface area contributed by atoms with Crippen molar-refractivity contribution in [1.82, 2.24) is 0 Å². The van der Waals surface area contributed by atoms with E-state index in [2.05, 4.69) is 0 Å². The van der Waals surface area contributed by atoms with E-state index in [0.717, 1.165) is 17.1 Å². The summed E-state index contributed by atoms with van der Waals surface area (Å²) in [7, 11) is 1.60. The Balaban J connectivity index is 2.41. The van der Waals surface area contributed by atoms with E-state index >= 15 is 0 Å². The highest BCUT2D eigenvalue weighted by Crippen LogP contribution is 2.13. The lowest BCUT2D eigenvalue weighted by molar-refractivity contribution is -0.146. The van der Waals surface area contributed by atoms with Crippen molar-refractivity contribution in [2.45, 2.75) is 19.1 Å². The number of hydrogen-bond donors (Lipinski definition) is 1. The fourth-order valence-corrected chi connectivity index (χ4v) is 1.88. The molecule has 100 valence electrons. The van der Waals surface area contributed by atoms with Gasteiger partial charge in [-0.15, -0.1) is 0 Å². The topological polar surface area (TPSA) is 61.5 Å². The molecule has 0 aliphatic rings. The lowest BCUT2D eigenvalue weighted by Gasteiger charge is -2.11. The van der Waals surface area contributed by atoms with Crippen LogP contribution in [-0.2, 0) is 16.1 Å². The van der Waals surface area contributed by atoms with Crippen molar-refractivity contribution in [2.75, 3.05) is 19.1 Å². The molecular weight excluding hydrogens is 250 g/mol. The summed E-state index contributed by atoms with van der Waals surface area (Å²) in [6.07, 6.45) is 2.62. The van der Waals surface area contributed by atoms with Crippen molar-refractivity contribution in [3.8, 4) is 5.75 Å². The Bertz CT molecular complexity index is 384. The molecule has 1 unspecified atom stereocenters. The Morgan fingerprint density at radius 2 is 2.28 bits per heavy atom.